The van der Waals surface area contributed by atoms with Gasteiger partial charge in [-0.3, -0.25) is 0 Å². The summed E-state index contributed by atoms with van der Waals surface area (Å²) < 4.78 is 27.7. The van der Waals surface area contributed by atoms with Crippen LogP contribution in [-0.2, 0) is 5.54 Å². The minimum Gasteiger partial charge on any atom is -0.394 e. The van der Waals surface area contributed by atoms with E-state index in [-0.39, 0.29) is 23.8 Å². The van der Waals surface area contributed by atoms with E-state index in [4.69, 9.17) is 0 Å². The zero-order chi connectivity index (χ0) is 14.0. The van der Waals surface area contributed by atoms with Crippen molar-refractivity contribution in [3.8, 4) is 0 Å². The van der Waals surface area contributed by atoms with Crippen LogP contribution in [0.25, 0.3) is 0 Å². The Balaban J connectivity index is 2.31. The van der Waals surface area contributed by atoms with Gasteiger partial charge in [-0.2, -0.15) is 0 Å². The third-order valence-electron chi connectivity index (χ3n) is 4.04. The average molecular weight is 269 g/mol. The summed E-state index contributed by atoms with van der Waals surface area (Å²) in [5.41, 5.74) is -0.458. The van der Waals surface area contributed by atoms with Gasteiger partial charge < -0.3 is 10.4 Å². The first-order valence-electron chi connectivity index (χ1n) is 6.81. The van der Waals surface area contributed by atoms with E-state index in [2.05, 4.69) is 5.32 Å². The molecule has 2 rings (SSSR count). The highest BCUT2D eigenvalue weighted by Crippen LogP contribution is 2.29. The van der Waals surface area contributed by atoms with Crippen LogP contribution in [0.15, 0.2) is 12.1 Å². The molecule has 4 heteroatoms. The van der Waals surface area contributed by atoms with Crippen LogP contribution >= 0.6 is 0 Å². The van der Waals surface area contributed by atoms with Crippen LogP contribution in [-0.4, -0.2) is 17.8 Å². The molecular weight excluding hydrogens is 248 g/mol. The molecule has 0 saturated heterocycles. The van der Waals surface area contributed by atoms with Crippen molar-refractivity contribution in [1.29, 1.82) is 0 Å². The number of halogens is 2. The number of nitrogens with one attached hydrogen (secondary N) is 1. The number of benzene rings is 1. The molecule has 1 saturated carbocycles. The highest BCUT2D eigenvalue weighted by atomic mass is 19.1. The molecule has 0 amide bonds. The van der Waals surface area contributed by atoms with E-state index in [1.54, 1.807) is 6.92 Å². The predicted molar refractivity (Wildman–Crippen MR) is 70.9 cm³/mol. The van der Waals surface area contributed by atoms with Gasteiger partial charge in [-0.25, -0.2) is 8.78 Å². The zero-order valence-corrected chi connectivity index (χ0v) is 11.5. The molecule has 1 aromatic rings. The van der Waals surface area contributed by atoms with Gasteiger partial charge in [0.1, 0.15) is 11.6 Å². The topological polar surface area (TPSA) is 32.3 Å². The quantitative estimate of drug-likeness (QED) is 0.880. The second-order valence-electron chi connectivity index (χ2n) is 5.70. The lowest BCUT2D eigenvalue weighted by Crippen LogP contribution is -2.48. The summed E-state index contributed by atoms with van der Waals surface area (Å²) in [5.74, 6) is -0.912. The van der Waals surface area contributed by atoms with Crippen LogP contribution < -0.4 is 5.32 Å². The first-order valence-corrected chi connectivity index (χ1v) is 6.81. The number of aliphatic hydroxyl groups is 1. The lowest BCUT2D eigenvalue weighted by atomic mass is 9.90. The predicted octanol–water partition coefficient (Wildman–Crippen LogP) is 3.01. The minimum absolute atomic E-state index is 0.199. The molecule has 1 aliphatic carbocycles. The van der Waals surface area contributed by atoms with Crippen molar-refractivity contribution in [3.05, 3.63) is 34.9 Å². The van der Waals surface area contributed by atoms with E-state index in [0.717, 1.165) is 25.7 Å². The number of hydrogen-bond donors (Lipinski definition) is 2. The number of aryl methyl sites for hydroxylation is 1. The Morgan fingerprint density at radius 3 is 2.47 bits per heavy atom. The molecule has 0 spiro atoms. The second-order valence-corrected chi connectivity index (χ2v) is 5.70. The molecule has 1 aliphatic rings. The summed E-state index contributed by atoms with van der Waals surface area (Å²) in [6, 6.07) is 2.65. The van der Waals surface area contributed by atoms with Crippen molar-refractivity contribution < 1.29 is 13.9 Å². The van der Waals surface area contributed by atoms with Gasteiger partial charge in [0.2, 0.25) is 0 Å². The zero-order valence-electron chi connectivity index (χ0n) is 11.5. The van der Waals surface area contributed by atoms with Gasteiger partial charge in [0.05, 0.1) is 12.1 Å². The molecule has 1 aromatic carbocycles. The third-order valence-corrected chi connectivity index (χ3v) is 4.04. The Kier molecular flexibility index (Phi) is 4.21. The van der Waals surface area contributed by atoms with E-state index in [1.807, 2.05) is 0 Å². The molecule has 2 nitrogen and oxygen atoms in total. The fourth-order valence-electron chi connectivity index (χ4n) is 2.80. The molecule has 0 heterocycles. The smallest absolute Gasteiger partial charge is 0.128 e. The molecule has 0 aromatic heterocycles. The first kappa shape index (κ1) is 14.4. The van der Waals surface area contributed by atoms with Crippen LogP contribution in [0.4, 0.5) is 8.78 Å². The highest BCUT2D eigenvalue weighted by molar-refractivity contribution is 5.31. The third kappa shape index (κ3) is 2.95. The molecule has 0 radical (unpaired) electrons. The molecule has 1 unspecified atom stereocenters. The molecule has 0 aliphatic heterocycles. The van der Waals surface area contributed by atoms with E-state index < -0.39 is 17.2 Å². The fourth-order valence-corrected chi connectivity index (χ4v) is 2.80. The summed E-state index contributed by atoms with van der Waals surface area (Å²) in [6.07, 6.45) is 4.32. The molecule has 1 atom stereocenters. The molecule has 106 valence electrons. The van der Waals surface area contributed by atoms with Crippen LogP contribution in [0.3, 0.4) is 0 Å². The Hall–Kier alpha value is -1.00. The van der Waals surface area contributed by atoms with Gasteiger partial charge in [0.25, 0.3) is 0 Å². The maximum absolute atomic E-state index is 14.1. The SMILES string of the molecule is Cc1cc(F)c(C(C)(CO)NC2CCCC2)cc1F. The van der Waals surface area contributed by atoms with Crippen molar-refractivity contribution in [3.63, 3.8) is 0 Å². The van der Waals surface area contributed by atoms with Crippen LogP contribution in [0.5, 0.6) is 0 Å². The van der Waals surface area contributed by atoms with E-state index in [1.165, 1.54) is 19.1 Å². The van der Waals surface area contributed by atoms with Crippen molar-refractivity contribution in [2.24, 2.45) is 0 Å². The molecule has 19 heavy (non-hydrogen) atoms. The van der Waals surface area contributed by atoms with Crippen molar-refractivity contribution in [2.45, 2.75) is 51.1 Å². The summed E-state index contributed by atoms with van der Waals surface area (Å²) >= 11 is 0. The lowest BCUT2D eigenvalue weighted by molar-refractivity contribution is 0.157. The van der Waals surface area contributed by atoms with Crippen LogP contribution in [0.2, 0.25) is 0 Å². The van der Waals surface area contributed by atoms with Gasteiger partial charge in [-0.1, -0.05) is 12.8 Å². The fraction of sp³-hybridized carbons (Fsp3) is 0.600. The molecule has 2 N–H and O–H groups in total. The van der Waals surface area contributed by atoms with E-state index in [9.17, 15) is 13.9 Å². The Morgan fingerprint density at radius 1 is 1.26 bits per heavy atom. The lowest BCUT2D eigenvalue weighted by Gasteiger charge is -2.33. The maximum Gasteiger partial charge on any atom is 0.128 e. The van der Waals surface area contributed by atoms with E-state index >= 15 is 0 Å². The maximum atomic E-state index is 14.1. The van der Waals surface area contributed by atoms with Gasteiger partial charge in [-0.15, -0.1) is 0 Å². The monoisotopic (exact) mass is 269 g/mol. The molecule has 0 bridgehead atoms. The number of aliphatic hydroxyl groups excluding tert-OH is 1. The molecule has 1 fully saturated rings. The Labute approximate surface area is 112 Å². The van der Waals surface area contributed by atoms with Gasteiger partial charge in [0, 0.05) is 11.6 Å². The Morgan fingerprint density at radius 2 is 1.89 bits per heavy atom. The summed E-state index contributed by atoms with van der Waals surface area (Å²) in [6.45, 7) is 2.99. The average Bonchev–Trinajstić information content (AvgIpc) is 2.86. The second kappa shape index (κ2) is 5.55. The summed E-state index contributed by atoms with van der Waals surface area (Å²) in [4.78, 5) is 0. The van der Waals surface area contributed by atoms with E-state index in [0.29, 0.717) is 0 Å². The summed E-state index contributed by atoms with van der Waals surface area (Å²) in [7, 11) is 0. The number of hydrogen-bond acceptors (Lipinski definition) is 2. The van der Waals surface area contributed by atoms with Crippen molar-refractivity contribution >= 4 is 0 Å². The van der Waals surface area contributed by atoms with Gasteiger partial charge in [-0.05, 0) is 44.4 Å². The van der Waals surface area contributed by atoms with Crippen molar-refractivity contribution in [2.75, 3.05) is 6.61 Å². The molecular formula is C15H21F2NO. The van der Waals surface area contributed by atoms with Gasteiger partial charge >= 0.3 is 0 Å². The summed E-state index contributed by atoms with van der Waals surface area (Å²) in [5, 5.41) is 12.9. The van der Waals surface area contributed by atoms with Crippen molar-refractivity contribution in [1.82, 2.24) is 5.32 Å². The van der Waals surface area contributed by atoms with Crippen LogP contribution in [0, 0.1) is 18.6 Å². The standard InChI is InChI=1S/C15H21F2NO/c1-10-7-14(17)12(8-13(10)16)15(2,9-19)18-11-5-3-4-6-11/h7-8,11,18-19H,3-6,9H2,1-2H3. The number of rotatable bonds is 4. The highest BCUT2D eigenvalue weighted by Gasteiger charge is 2.33. The Bertz CT molecular complexity index is 458. The first-order chi connectivity index (χ1) is 8.96. The van der Waals surface area contributed by atoms with Gasteiger partial charge in [0.15, 0.2) is 0 Å². The minimum atomic E-state index is -0.937. The largest absolute Gasteiger partial charge is 0.394 e. The van der Waals surface area contributed by atoms with Crippen LogP contribution in [0.1, 0.15) is 43.7 Å². The normalized spacial score (nSPS) is 19.6.